The molecule has 0 aliphatic carbocycles. The first kappa shape index (κ1) is 12.5. The summed E-state index contributed by atoms with van der Waals surface area (Å²) < 4.78 is 0. The number of carbonyl (C=O) groups excluding carboxylic acids is 1. The number of H-pyrrole nitrogens is 2. The van der Waals surface area contributed by atoms with Gasteiger partial charge in [-0.05, 0) is 32.4 Å². The van der Waals surface area contributed by atoms with Gasteiger partial charge in [-0.3, -0.25) is 15.0 Å². The van der Waals surface area contributed by atoms with Gasteiger partial charge in [0.15, 0.2) is 11.4 Å². The predicted molar refractivity (Wildman–Crippen MR) is 74.7 cm³/mol. The van der Waals surface area contributed by atoms with Gasteiger partial charge in [0.1, 0.15) is 5.69 Å². The fraction of sp³-hybridized carbons (Fsp3) is 0.286. The Kier molecular flexibility index (Phi) is 2.85. The van der Waals surface area contributed by atoms with Crippen molar-refractivity contribution in [1.29, 1.82) is 0 Å². The minimum Gasteiger partial charge on any atom is -0.292 e. The Morgan fingerprint density at radius 1 is 1.15 bits per heavy atom. The molecule has 0 aromatic carbocycles. The third-order valence-corrected chi connectivity index (χ3v) is 3.54. The van der Waals surface area contributed by atoms with Crippen molar-refractivity contribution in [1.82, 2.24) is 25.4 Å². The Hall–Kier alpha value is -2.50. The van der Waals surface area contributed by atoms with Crippen LogP contribution in [0.1, 0.15) is 33.0 Å². The summed E-state index contributed by atoms with van der Waals surface area (Å²) in [6, 6.07) is 1.95. The van der Waals surface area contributed by atoms with Crippen LogP contribution >= 0.6 is 0 Å². The van der Waals surface area contributed by atoms with Crippen molar-refractivity contribution in [2.24, 2.45) is 0 Å². The average Bonchev–Trinajstić information content (AvgIpc) is 2.95. The van der Waals surface area contributed by atoms with E-state index < -0.39 is 0 Å². The summed E-state index contributed by atoms with van der Waals surface area (Å²) in [6.45, 7) is 5.74. The zero-order valence-corrected chi connectivity index (χ0v) is 11.6. The van der Waals surface area contributed by atoms with Gasteiger partial charge in [0.25, 0.3) is 0 Å². The SMILES string of the molecule is Cc1[nH]nc(C(=O)Cc2cnc3n[nH]c(C)c3c2)c1C. The summed E-state index contributed by atoms with van der Waals surface area (Å²) in [7, 11) is 0. The van der Waals surface area contributed by atoms with Crippen molar-refractivity contribution in [3.63, 3.8) is 0 Å². The lowest BCUT2D eigenvalue weighted by Crippen LogP contribution is -2.06. The molecule has 2 N–H and O–H groups in total. The van der Waals surface area contributed by atoms with E-state index in [0.717, 1.165) is 27.9 Å². The van der Waals surface area contributed by atoms with Gasteiger partial charge >= 0.3 is 0 Å². The Bertz CT molecular complexity index is 799. The predicted octanol–water partition coefficient (Wildman–Crippen LogP) is 2.03. The molecule has 0 aliphatic rings. The van der Waals surface area contributed by atoms with E-state index in [-0.39, 0.29) is 5.78 Å². The highest BCUT2D eigenvalue weighted by molar-refractivity contribution is 5.97. The molecule has 6 nitrogen and oxygen atoms in total. The van der Waals surface area contributed by atoms with Gasteiger partial charge in [0.2, 0.25) is 0 Å². The van der Waals surface area contributed by atoms with Crippen LogP contribution in [0.2, 0.25) is 0 Å². The van der Waals surface area contributed by atoms with Gasteiger partial charge in [-0.2, -0.15) is 10.2 Å². The third-order valence-electron chi connectivity index (χ3n) is 3.54. The number of Topliss-reactive ketones (excluding diaryl/α,β-unsaturated/α-hetero) is 1. The largest absolute Gasteiger partial charge is 0.292 e. The number of hydrogen-bond donors (Lipinski definition) is 2. The van der Waals surface area contributed by atoms with Gasteiger partial charge < -0.3 is 0 Å². The topological polar surface area (TPSA) is 87.3 Å². The van der Waals surface area contributed by atoms with Crippen LogP contribution < -0.4 is 0 Å². The Morgan fingerprint density at radius 3 is 2.60 bits per heavy atom. The minimum absolute atomic E-state index is 0.00542. The first-order valence-electron chi connectivity index (χ1n) is 6.40. The summed E-state index contributed by atoms with van der Waals surface area (Å²) in [4.78, 5) is 16.5. The van der Waals surface area contributed by atoms with Crippen LogP contribution in [0.5, 0.6) is 0 Å². The second-order valence-corrected chi connectivity index (χ2v) is 4.99. The Balaban J connectivity index is 1.91. The molecular weight excluding hydrogens is 254 g/mol. The quantitative estimate of drug-likeness (QED) is 0.712. The molecule has 3 aromatic rings. The van der Waals surface area contributed by atoms with Crippen molar-refractivity contribution in [3.8, 4) is 0 Å². The molecule has 3 aromatic heterocycles. The number of hydrogen-bond acceptors (Lipinski definition) is 4. The summed E-state index contributed by atoms with van der Waals surface area (Å²) in [5.41, 5.74) is 4.83. The van der Waals surface area contributed by atoms with Crippen molar-refractivity contribution in [2.45, 2.75) is 27.2 Å². The molecule has 6 heteroatoms. The number of aromatic nitrogens is 5. The summed E-state index contributed by atoms with van der Waals surface area (Å²) in [5, 5.41) is 14.8. The Morgan fingerprint density at radius 2 is 1.90 bits per heavy atom. The molecule has 0 fully saturated rings. The molecule has 102 valence electrons. The van der Waals surface area contributed by atoms with Crippen LogP contribution in [0.4, 0.5) is 0 Å². The van der Waals surface area contributed by atoms with E-state index in [1.54, 1.807) is 6.20 Å². The fourth-order valence-electron chi connectivity index (χ4n) is 2.19. The highest BCUT2D eigenvalue weighted by Crippen LogP contribution is 2.17. The number of nitrogens with zero attached hydrogens (tertiary/aromatic N) is 3. The number of aryl methyl sites for hydroxylation is 2. The van der Waals surface area contributed by atoms with Crippen LogP contribution in [0.25, 0.3) is 11.0 Å². The molecule has 0 bridgehead atoms. The number of ketones is 1. The Labute approximate surface area is 115 Å². The maximum Gasteiger partial charge on any atom is 0.187 e. The van der Waals surface area contributed by atoms with Gasteiger partial charge in [-0.15, -0.1) is 0 Å². The smallest absolute Gasteiger partial charge is 0.187 e. The molecule has 0 aliphatic heterocycles. The lowest BCUT2D eigenvalue weighted by atomic mass is 10.0. The van der Waals surface area contributed by atoms with Gasteiger partial charge in [0.05, 0.1) is 0 Å². The van der Waals surface area contributed by atoms with Gasteiger partial charge in [-0.25, -0.2) is 4.98 Å². The molecular formula is C14H15N5O. The monoisotopic (exact) mass is 269 g/mol. The first-order chi connectivity index (χ1) is 9.56. The number of pyridine rings is 1. The molecule has 3 heterocycles. The molecule has 0 unspecified atom stereocenters. The van der Waals surface area contributed by atoms with E-state index in [2.05, 4.69) is 25.4 Å². The molecule has 3 rings (SSSR count). The summed E-state index contributed by atoms with van der Waals surface area (Å²) in [6.07, 6.45) is 1.98. The molecule has 0 radical (unpaired) electrons. The number of aromatic amines is 2. The molecule has 20 heavy (non-hydrogen) atoms. The normalized spacial score (nSPS) is 11.2. The van der Waals surface area contributed by atoms with Crippen LogP contribution in [-0.2, 0) is 6.42 Å². The highest BCUT2D eigenvalue weighted by Gasteiger charge is 2.15. The molecule has 0 atom stereocenters. The lowest BCUT2D eigenvalue weighted by molar-refractivity contribution is 0.0987. The summed E-state index contributed by atoms with van der Waals surface area (Å²) >= 11 is 0. The van der Waals surface area contributed by atoms with E-state index >= 15 is 0 Å². The number of rotatable bonds is 3. The zero-order valence-electron chi connectivity index (χ0n) is 11.6. The number of fused-ring (bicyclic) bond motifs is 1. The van der Waals surface area contributed by atoms with Crippen LogP contribution in [0.15, 0.2) is 12.3 Å². The number of carbonyl (C=O) groups is 1. The van der Waals surface area contributed by atoms with Crippen molar-refractivity contribution in [2.75, 3.05) is 0 Å². The second-order valence-electron chi connectivity index (χ2n) is 4.99. The summed E-state index contributed by atoms with van der Waals surface area (Å²) in [5.74, 6) is -0.00542. The van der Waals surface area contributed by atoms with Crippen molar-refractivity contribution < 1.29 is 4.79 Å². The maximum atomic E-state index is 12.3. The standard InChI is InChI=1S/C14H15N5O/c1-7-8(2)16-18-13(7)12(20)5-10-4-11-9(3)17-19-14(11)15-6-10/h4,6H,5H2,1-3H3,(H,16,18)(H,15,17,19). The van der Waals surface area contributed by atoms with E-state index in [9.17, 15) is 4.79 Å². The van der Waals surface area contributed by atoms with Crippen molar-refractivity contribution >= 4 is 16.8 Å². The van der Waals surface area contributed by atoms with E-state index in [1.807, 2.05) is 26.8 Å². The maximum absolute atomic E-state index is 12.3. The number of nitrogens with one attached hydrogen (secondary N) is 2. The fourth-order valence-corrected chi connectivity index (χ4v) is 2.19. The van der Waals surface area contributed by atoms with E-state index in [0.29, 0.717) is 17.8 Å². The first-order valence-corrected chi connectivity index (χ1v) is 6.40. The third kappa shape index (κ3) is 1.99. The van der Waals surface area contributed by atoms with Gasteiger partial charge in [-0.1, -0.05) is 0 Å². The van der Waals surface area contributed by atoms with Gasteiger partial charge in [0, 0.05) is 35.0 Å². The van der Waals surface area contributed by atoms with Crippen molar-refractivity contribution in [3.05, 3.63) is 40.5 Å². The second kappa shape index (κ2) is 4.56. The molecule has 0 saturated carbocycles. The van der Waals surface area contributed by atoms with E-state index in [4.69, 9.17) is 0 Å². The minimum atomic E-state index is -0.00542. The lowest BCUT2D eigenvalue weighted by Gasteiger charge is -2.00. The molecule has 0 amide bonds. The van der Waals surface area contributed by atoms with Crippen LogP contribution in [0, 0.1) is 20.8 Å². The van der Waals surface area contributed by atoms with E-state index in [1.165, 1.54) is 0 Å². The zero-order chi connectivity index (χ0) is 14.3. The molecule has 0 spiro atoms. The molecule has 0 saturated heterocycles. The van der Waals surface area contributed by atoms with Crippen LogP contribution in [-0.4, -0.2) is 31.2 Å². The highest BCUT2D eigenvalue weighted by atomic mass is 16.1. The van der Waals surface area contributed by atoms with Crippen LogP contribution in [0.3, 0.4) is 0 Å². The average molecular weight is 269 g/mol.